The van der Waals surface area contributed by atoms with Gasteiger partial charge < -0.3 is 10.3 Å². The predicted octanol–water partition coefficient (Wildman–Crippen LogP) is 6.25. The lowest BCUT2D eigenvalue weighted by Gasteiger charge is -2.11. The van der Waals surface area contributed by atoms with Gasteiger partial charge in [-0.2, -0.15) is 5.10 Å². The number of nitrogens with zero attached hydrogens (tertiary/aromatic N) is 4. The van der Waals surface area contributed by atoms with E-state index in [0.717, 1.165) is 27.2 Å². The number of pyridine rings is 2. The summed E-state index contributed by atoms with van der Waals surface area (Å²) in [7, 11) is 0. The van der Waals surface area contributed by atoms with Crippen LogP contribution in [0, 0.1) is 5.82 Å². The maximum Gasteiger partial charge on any atom is 0.161 e. The first-order valence-electron chi connectivity index (χ1n) is 10.9. The van der Waals surface area contributed by atoms with Crippen molar-refractivity contribution in [3.8, 4) is 33.2 Å². The van der Waals surface area contributed by atoms with Crippen molar-refractivity contribution in [2.24, 2.45) is 0 Å². The number of rotatable bonds is 5. The number of fused-ring (bicyclic) bond motifs is 2. The maximum atomic E-state index is 15.9. The summed E-state index contributed by atoms with van der Waals surface area (Å²) in [6.45, 7) is 4.07. The number of H-pyrrole nitrogens is 2. The Morgan fingerprint density at radius 2 is 1.94 bits per heavy atom. The number of hydrogen-bond acceptors (Lipinski definition) is 6. The Hall–Kier alpha value is -4.11. The van der Waals surface area contributed by atoms with E-state index in [-0.39, 0.29) is 11.7 Å². The van der Waals surface area contributed by atoms with Crippen molar-refractivity contribution in [3.05, 3.63) is 66.2 Å². The van der Waals surface area contributed by atoms with Crippen LogP contribution >= 0.6 is 11.3 Å². The SMILES string of the molecule is CC(C)Nc1cncc(-c2ncc3[nH]nc(-c4nc5c(-c6cccs6)cccc5[nH]4)c3c2F)c1. The Morgan fingerprint density at radius 1 is 1.03 bits per heavy atom. The van der Waals surface area contributed by atoms with Crippen LogP contribution in [-0.4, -0.2) is 36.2 Å². The van der Waals surface area contributed by atoms with E-state index in [9.17, 15) is 0 Å². The van der Waals surface area contributed by atoms with Gasteiger partial charge in [0.15, 0.2) is 11.6 Å². The van der Waals surface area contributed by atoms with Crippen molar-refractivity contribution < 1.29 is 4.39 Å². The van der Waals surface area contributed by atoms with E-state index in [0.29, 0.717) is 28.0 Å². The maximum absolute atomic E-state index is 15.9. The molecule has 0 saturated carbocycles. The molecule has 5 heterocycles. The van der Waals surface area contributed by atoms with Crippen LogP contribution in [-0.2, 0) is 0 Å². The summed E-state index contributed by atoms with van der Waals surface area (Å²) in [4.78, 5) is 17.9. The molecular formula is C25H20FN7S. The van der Waals surface area contributed by atoms with Crippen LogP contribution in [0.2, 0.25) is 0 Å². The number of nitrogens with one attached hydrogen (secondary N) is 3. The minimum absolute atomic E-state index is 0.213. The zero-order valence-electron chi connectivity index (χ0n) is 18.4. The topological polar surface area (TPSA) is 95.2 Å². The summed E-state index contributed by atoms with van der Waals surface area (Å²) in [6.07, 6.45) is 4.91. The molecule has 0 bridgehead atoms. The first-order chi connectivity index (χ1) is 16.6. The molecule has 0 amide bonds. The third-order valence-corrected chi connectivity index (χ3v) is 6.44. The fraction of sp³-hybridized carbons (Fsp3) is 0.120. The summed E-state index contributed by atoms with van der Waals surface area (Å²) in [5, 5.41) is 12.9. The highest BCUT2D eigenvalue weighted by Crippen LogP contribution is 2.35. The summed E-state index contributed by atoms with van der Waals surface area (Å²) in [5.74, 6) is 0.0262. The number of thiophene rings is 1. The van der Waals surface area contributed by atoms with Crippen molar-refractivity contribution >= 4 is 39.0 Å². The first kappa shape index (κ1) is 20.5. The second-order valence-corrected chi connectivity index (χ2v) is 9.26. The van der Waals surface area contributed by atoms with E-state index < -0.39 is 5.82 Å². The third-order valence-electron chi connectivity index (χ3n) is 5.54. The zero-order chi connectivity index (χ0) is 23.2. The Bertz CT molecular complexity index is 1630. The van der Waals surface area contributed by atoms with Gasteiger partial charge in [0.05, 0.1) is 33.8 Å². The molecule has 0 spiro atoms. The smallest absolute Gasteiger partial charge is 0.161 e. The minimum Gasteiger partial charge on any atom is -0.382 e. The third kappa shape index (κ3) is 3.41. The van der Waals surface area contributed by atoms with E-state index in [1.54, 1.807) is 29.9 Å². The minimum atomic E-state index is -0.469. The number of para-hydroxylation sites is 1. The summed E-state index contributed by atoms with van der Waals surface area (Å²) >= 11 is 1.65. The van der Waals surface area contributed by atoms with Gasteiger partial charge in [-0.05, 0) is 37.4 Å². The van der Waals surface area contributed by atoms with E-state index in [1.807, 2.05) is 49.6 Å². The van der Waals surface area contributed by atoms with Crippen LogP contribution in [0.1, 0.15) is 13.8 Å². The lowest BCUT2D eigenvalue weighted by molar-refractivity contribution is 0.638. The van der Waals surface area contributed by atoms with Crippen molar-refractivity contribution in [1.29, 1.82) is 0 Å². The second kappa shape index (κ2) is 8.03. The molecule has 3 N–H and O–H groups in total. The molecule has 168 valence electrons. The van der Waals surface area contributed by atoms with Gasteiger partial charge in [-0.1, -0.05) is 18.2 Å². The normalized spacial score (nSPS) is 11.6. The molecule has 0 atom stereocenters. The zero-order valence-corrected chi connectivity index (χ0v) is 19.2. The second-order valence-electron chi connectivity index (χ2n) is 8.31. The number of aromatic amines is 2. The molecule has 0 unspecified atom stereocenters. The number of benzene rings is 1. The van der Waals surface area contributed by atoms with Crippen molar-refractivity contribution in [3.63, 3.8) is 0 Å². The molecule has 0 aliphatic heterocycles. The van der Waals surface area contributed by atoms with Crippen LogP contribution in [0.5, 0.6) is 0 Å². The van der Waals surface area contributed by atoms with E-state index >= 15 is 4.39 Å². The van der Waals surface area contributed by atoms with Gasteiger partial charge in [0.1, 0.15) is 11.4 Å². The standard InChI is InChI=1S/C25H20FN7S/c1-13(2)29-15-9-14(10-27-11-15)22-21(26)20-18(12-28-22)32-33-24(20)25-30-17-6-3-5-16(23(17)31-25)19-7-4-8-34-19/h3-13,29H,1-2H3,(H,30,31)(H,32,33). The average Bonchev–Trinajstić information content (AvgIpc) is 3.57. The van der Waals surface area contributed by atoms with Crippen molar-refractivity contribution in [1.82, 2.24) is 30.1 Å². The lowest BCUT2D eigenvalue weighted by Crippen LogP contribution is -2.09. The van der Waals surface area contributed by atoms with E-state index in [1.165, 1.54) is 0 Å². The molecular weight excluding hydrogens is 449 g/mol. The number of anilines is 1. The van der Waals surface area contributed by atoms with Crippen LogP contribution in [0.15, 0.2) is 60.4 Å². The highest BCUT2D eigenvalue weighted by atomic mass is 32.1. The van der Waals surface area contributed by atoms with Gasteiger partial charge in [-0.25, -0.2) is 9.37 Å². The van der Waals surface area contributed by atoms with E-state index in [2.05, 4.69) is 36.5 Å². The Kier molecular flexibility index (Phi) is 4.84. The molecule has 6 aromatic rings. The molecule has 1 aromatic carbocycles. The Balaban J connectivity index is 1.50. The van der Waals surface area contributed by atoms with Gasteiger partial charge in [0.25, 0.3) is 0 Å². The van der Waals surface area contributed by atoms with Crippen LogP contribution < -0.4 is 5.32 Å². The Labute approximate surface area is 198 Å². The highest BCUT2D eigenvalue weighted by Gasteiger charge is 2.21. The molecule has 0 aliphatic rings. The largest absolute Gasteiger partial charge is 0.382 e. The summed E-state index contributed by atoms with van der Waals surface area (Å²) in [5.41, 5.74) is 5.23. The van der Waals surface area contributed by atoms with Crippen molar-refractivity contribution in [2.45, 2.75) is 19.9 Å². The predicted molar refractivity (Wildman–Crippen MR) is 134 cm³/mol. The quantitative estimate of drug-likeness (QED) is 0.277. The molecule has 0 aliphatic carbocycles. The summed E-state index contributed by atoms with van der Waals surface area (Å²) in [6, 6.07) is 12.1. The van der Waals surface area contributed by atoms with Gasteiger partial charge in [-0.15, -0.1) is 11.3 Å². The molecule has 6 rings (SSSR count). The fourth-order valence-corrected chi connectivity index (χ4v) is 4.86. The molecule has 9 heteroatoms. The number of hydrogen-bond donors (Lipinski definition) is 3. The molecule has 0 saturated heterocycles. The van der Waals surface area contributed by atoms with Gasteiger partial charge in [0.2, 0.25) is 0 Å². The monoisotopic (exact) mass is 469 g/mol. The van der Waals surface area contributed by atoms with Gasteiger partial charge >= 0.3 is 0 Å². The fourth-order valence-electron chi connectivity index (χ4n) is 4.10. The van der Waals surface area contributed by atoms with Crippen LogP contribution in [0.3, 0.4) is 0 Å². The molecule has 5 aromatic heterocycles. The lowest BCUT2D eigenvalue weighted by atomic mass is 10.1. The number of halogens is 1. The molecule has 7 nitrogen and oxygen atoms in total. The van der Waals surface area contributed by atoms with Gasteiger partial charge in [-0.3, -0.25) is 15.1 Å². The Morgan fingerprint density at radius 3 is 2.76 bits per heavy atom. The average molecular weight is 470 g/mol. The summed E-state index contributed by atoms with van der Waals surface area (Å²) < 4.78 is 15.9. The number of imidazole rings is 1. The van der Waals surface area contributed by atoms with Crippen LogP contribution in [0.4, 0.5) is 10.1 Å². The molecule has 34 heavy (non-hydrogen) atoms. The van der Waals surface area contributed by atoms with Gasteiger partial charge in [0, 0.05) is 34.4 Å². The van der Waals surface area contributed by atoms with Crippen LogP contribution in [0.25, 0.3) is 55.2 Å². The first-order valence-corrected chi connectivity index (χ1v) is 11.7. The number of aromatic nitrogens is 6. The van der Waals surface area contributed by atoms with Crippen molar-refractivity contribution in [2.75, 3.05) is 5.32 Å². The highest BCUT2D eigenvalue weighted by molar-refractivity contribution is 7.13. The molecule has 0 fully saturated rings. The van der Waals surface area contributed by atoms with E-state index in [4.69, 9.17) is 4.98 Å². The molecule has 0 radical (unpaired) electrons.